The highest BCUT2D eigenvalue weighted by Gasteiger charge is 2.15. The molecule has 0 aliphatic heterocycles. The number of hydrogen-bond donors (Lipinski definition) is 1. The largest absolute Gasteiger partial charge is 0.348 e. The maximum absolute atomic E-state index is 12.6. The number of aromatic nitrogens is 2. The van der Waals surface area contributed by atoms with Crippen LogP contribution in [0.5, 0.6) is 0 Å². The molecule has 3 rings (SSSR count). The van der Waals surface area contributed by atoms with Gasteiger partial charge in [-0.25, -0.2) is 4.98 Å². The molecule has 124 valence electrons. The van der Waals surface area contributed by atoms with Crippen LogP contribution in [0.2, 0.25) is 0 Å². The molecule has 1 atom stereocenters. The van der Waals surface area contributed by atoms with E-state index >= 15 is 0 Å². The highest BCUT2D eigenvalue weighted by Crippen LogP contribution is 2.25. The lowest BCUT2D eigenvalue weighted by molar-refractivity contribution is -0.122. The number of amides is 1. The first-order valence-corrected chi connectivity index (χ1v) is 8.58. The standard InChI is InChI=1S/C18H19N3O2S/c1-11-13(3)24-17-16(11)18(23)21(10-19-17)9-15(22)20-12(2)14-7-5-4-6-8-14/h4-8,10,12H,9H2,1-3H3,(H,20,22). The molecular formula is C18H19N3O2S. The summed E-state index contributed by atoms with van der Waals surface area (Å²) in [6.45, 7) is 5.77. The number of carbonyl (C=O) groups is 1. The highest BCUT2D eigenvalue weighted by atomic mass is 32.1. The smallest absolute Gasteiger partial charge is 0.262 e. The zero-order chi connectivity index (χ0) is 17.3. The molecule has 0 bridgehead atoms. The summed E-state index contributed by atoms with van der Waals surface area (Å²) in [7, 11) is 0. The van der Waals surface area contributed by atoms with Crippen molar-refractivity contribution in [2.75, 3.05) is 0 Å². The zero-order valence-corrected chi connectivity index (χ0v) is 14.7. The quantitative estimate of drug-likeness (QED) is 0.793. The Hall–Kier alpha value is -2.47. The molecule has 5 nitrogen and oxygen atoms in total. The van der Waals surface area contributed by atoms with E-state index in [9.17, 15) is 9.59 Å². The topological polar surface area (TPSA) is 64.0 Å². The molecule has 3 aromatic rings. The van der Waals surface area contributed by atoms with Gasteiger partial charge in [0.15, 0.2) is 0 Å². The molecular weight excluding hydrogens is 322 g/mol. The van der Waals surface area contributed by atoms with Crippen molar-refractivity contribution >= 4 is 27.5 Å². The number of nitrogens with one attached hydrogen (secondary N) is 1. The molecule has 0 radical (unpaired) electrons. The Bertz CT molecular complexity index is 944. The first-order valence-electron chi connectivity index (χ1n) is 7.77. The van der Waals surface area contributed by atoms with Crippen LogP contribution < -0.4 is 10.9 Å². The van der Waals surface area contributed by atoms with Gasteiger partial charge >= 0.3 is 0 Å². The van der Waals surface area contributed by atoms with Gasteiger partial charge in [0, 0.05) is 4.88 Å². The maximum Gasteiger partial charge on any atom is 0.262 e. The summed E-state index contributed by atoms with van der Waals surface area (Å²) in [6.07, 6.45) is 1.45. The number of carbonyl (C=O) groups excluding carboxylic acids is 1. The third-order valence-corrected chi connectivity index (χ3v) is 5.26. The third-order valence-electron chi connectivity index (χ3n) is 4.15. The summed E-state index contributed by atoms with van der Waals surface area (Å²) in [4.78, 5) is 31.0. The number of benzene rings is 1. The van der Waals surface area contributed by atoms with Crippen LogP contribution in [0.15, 0.2) is 41.5 Å². The molecule has 0 spiro atoms. The van der Waals surface area contributed by atoms with Crippen molar-refractivity contribution in [3.05, 3.63) is 63.0 Å². The van der Waals surface area contributed by atoms with Crippen molar-refractivity contribution in [2.45, 2.75) is 33.4 Å². The van der Waals surface area contributed by atoms with Gasteiger partial charge in [0.1, 0.15) is 11.4 Å². The summed E-state index contributed by atoms with van der Waals surface area (Å²) in [5.41, 5.74) is 1.81. The summed E-state index contributed by atoms with van der Waals surface area (Å²) >= 11 is 1.50. The molecule has 2 aromatic heterocycles. The van der Waals surface area contributed by atoms with Crippen LogP contribution >= 0.6 is 11.3 Å². The van der Waals surface area contributed by atoms with Gasteiger partial charge in [-0.2, -0.15) is 0 Å². The fourth-order valence-electron chi connectivity index (χ4n) is 2.65. The summed E-state index contributed by atoms with van der Waals surface area (Å²) in [5, 5.41) is 3.53. The van der Waals surface area contributed by atoms with E-state index in [0.717, 1.165) is 20.8 Å². The van der Waals surface area contributed by atoms with E-state index in [2.05, 4.69) is 10.3 Å². The van der Waals surface area contributed by atoms with E-state index in [1.54, 1.807) is 0 Å². The van der Waals surface area contributed by atoms with E-state index < -0.39 is 0 Å². The first kappa shape index (κ1) is 16.4. The molecule has 2 heterocycles. The van der Waals surface area contributed by atoms with Crippen LogP contribution in [-0.2, 0) is 11.3 Å². The SMILES string of the molecule is Cc1sc2ncn(CC(=O)NC(C)c3ccccc3)c(=O)c2c1C. The molecule has 0 aliphatic rings. The van der Waals surface area contributed by atoms with Crippen molar-refractivity contribution in [1.29, 1.82) is 0 Å². The van der Waals surface area contributed by atoms with Crippen LogP contribution in [0.1, 0.15) is 29.0 Å². The predicted molar refractivity (Wildman–Crippen MR) is 96.4 cm³/mol. The van der Waals surface area contributed by atoms with E-state index in [-0.39, 0.29) is 24.1 Å². The lowest BCUT2D eigenvalue weighted by Gasteiger charge is -2.14. The second-order valence-corrected chi connectivity index (χ2v) is 7.04. The Labute approximate surface area is 144 Å². The summed E-state index contributed by atoms with van der Waals surface area (Å²) in [6, 6.07) is 9.61. The van der Waals surface area contributed by atoms with E-state index in [1.807, 2.05) is 51.1 Å². The number of thiophene rings is 1. The average Bonchev–Trinajstić information content (AvgIpc) is 2.86. The third kappa shape index (κ3) is 3.10. The van der Waals surface area contributed by atoms with Crippen LogP contribution in [0, 0.1) is 13.8 Å². The lowest BCUT2D eigenvalue weighted by Crippen LogP contribution is -2.33. The number of hydrogen-bond acceptors (Lipinski definition) is 4. The average molecular weight is 341 g/mol. The molecule has 0 fully saturated rings. The van der Waals surface area contributed by atoms with Crippen molar-refractivity contribution < 1.29 is 4.79 Å². The van der Waals surface area contributed by atoms with Gasteiger partial charge in [-0.1, -0.05) is 30.3 Å². The second kappa shape index (κ2) is 6.57. The fraction of sp³-hybridized carbons (Fsp3) is 0.278. The number of rotatable bonds is 4. The normalized spacial score (nSPS) is 12.3. The molecule has 1 amide bonds. The van der Waals surface area contributed by atoms with E-state index in [4.69, 9.17) is 0 Å². The van der Waals surface area contributed by atoms with Crippen molar-refractivity contribution in [3.8, 4) is 0 Å². The Balaban J connectivity index is 1.80. The van der Waals surface area contributed by atoms with Crippen molar-refractivity contribution in [3.63, 3.8) is 0 Å². The molecule has 24 heavy (non-hydrogen) atoms. The molecule has 0 saturated carbocycles. The van der Waals surface area contributed by atoms with Crippen LogP contribution in [0.3, 0.4) is 0 Å². The zero-order valence-electron chi connectivity index (χ0n) is 13.9. The second-order valence-electron chi connectivity index (χ2n) is 5.84. The monoisotopic (exact) mass is 341 g/mol. The molecule has 0 aliphatic carbocycles. The lowest BCUT2D eigenvalue weighted by atomic mass is 10.1. The predicted octanol–water partition coefficient (Wildman–Crippen LogP) is 2.95. The minimum atomic E-state index is -0.209. The van der Waals surface area contributed by atoms with Crippen LogP contribution in [0.4, 0.5) is 0 Å². The Morgan fingerprint density at radius 1 is 1.29 bits per heavy atom. The maximum atomic E-state index is 12.6. The molecule has 1 aromatic carbocycles. The van der Waals surface area contributed by atoms with Gasteiger partial charge in [0.25, 0.3) is 5.56 Å². The van der Waals surface area contributed by atoms with Crippen LogP contribution in [0.25, 0.3) is 10.2 Å². The molecule has 1 unspecified atom stereocenters. The highest BCUT2D eigenvalue weighted by molar-refractivity contribution is 7.18. The van der Waals surface area contributed by atoms with E-state index in [1.165, 1.54) is 22.2 Å². The molecule has 1 N–H and O–H groups in total. The fourth-order valence-corrected chi connectivity index (χ4v) is 3.64. The van der Waals surface area contributed by atoms with Gasteiger partial charge in [0.05, 0.1) is 17.8 Å². The first-order chi connectivity index (χ1) is 11.5. The Morgan fingerprint density at radius 3 is 2.71 bits per heavy atom. The molecule has 6 heteroatoms. The molecule has 0 saturated heterocycles. The van der Waals surface area contributed by atoms with Crippen LogP contribution in [-0.4, -0.2) is 15.5 Å². The summed E-state index contributed by atoms with van der Waals surface area (Å²) in [5.74, 6) is -0.209. The summed E-state index contributed by atoms with van der Waals surface area (Å²) < 4.78 is 1.37. The van der Waals surface area contributed by atoms with Gasteiger partial charge in [-0.05, 0) is 31.9 Å². The minimum absolute atomic E-state index is 0.0344. The van der Waals surface area contributed by atoms with Gasteiger partial charge in [0.2, 0.25) is 5.91 Å². The van der Waals surface area contributed by atoms with Crippen molar-refractivity contribution in [1.82, 2.24) is 14.9 Å². The number of fused-ring (bicyclic) bond motifs is 1. The van der Waals surface area contributed by atoms with Gasteiger partial charge < -0.3 is 5.32 Å². The van der Waals surface area contributed by atoms with Crippen molar-refractivity contribution in [2.24, 2.45) is 0 Å². The van der Waals surface area contributed by atoms with E-state index in [0.29, 0.717) is 5.39 Å². The van der Waals surface area contributed by atoms with Gasteiger partial charge in [-0.3, -0.25) is 14.2 Å². The Kier molecular flexibility index (Phi) is 4.49. The minimum Gasteiger partial charge on any atom is -0.348 e. The number of aryl methyl sites for hydroxylation is 2. The number of nitrogens with zero attached hydrogens (tertiary/aromatic N) is 2. The van der Waals surface area contributed by atoms with Gasteiger partial charge in [-0.15, -0.1) is 11.3 Å². The Morgan fingerprint density at radius 2 is 2.00 bits per heavy atom.